The predicted octanol–water partition coefficient (Wildman–Crippen LogP) is 2.75. The van der Waals surface area contributed by atoms with Crippen LogP contribution in [0.2, 0.25) is 0 Å². The molecule has 33 heavy (non-hydrogen) atoms. The summed E-state index contributed by atoms with van der Waals surface area (Å²) in [5.41, 5.74) is 1.53. The lowest BCUT2D eigenvalue weighted by Crippen LogP contribution is -2.46. The van der Waals surface area contributed by atoms with E-state index in [-0.39, 0.29) is 12.4 Å². The summed E-state index contributed by atoms with van der Waals surface area (Å²) in [6.45, 7) is 2.49. The zero-order valence-electron chi connectivity index (χ0n) is 18.0. The first-order valence-electron chi connectivity index (χ1n) is 10.1. The molecule has 172 valence electrons. The normalized spacial score (nSPS) is 15.7. The van der Waals surface area contributed by atoms with Crippen LogP contribution < -0.4 is 15.4 Å². The first-order chi connectivity index (χ1) is 16.1. The van der Waals surface area contributed by atoms with Crippen LogP contribution in [-0.2, 0) is 16.1 Å². The van der Waals surface area contributed by atoms with Gasteiger partial charge in [0.2, 0.25) is 5.16 Å². The molecule has 12 heteroatoms. The molecule has 0 bridgehead atoms. The molecule has 0 spiro atoms. The summed E-state index contributed by atoms with van der Waals surface area (Å²) in [6, 6.07) is 10.1. The molecule has 10 nitrogen and oxygen atoms in total. The third-order valence-electron chi connectivity index (χ3n) is 4.83. The third kappa shape index (κ3) is 5.34. The maximum absolute atomic E-state index is 12.9. The first-order valence-corrected chi connectivity index (χ1v) is 12.0. The molecular formula is C21H22N6O4S2. The number of aromatic nitrogens is 4. The van der Waals surface area contributed by atoms with Crippen molar-refractivity contribution >= 4 is 35.1 Å². The molecule has 1 atom stereocenters. The van der Waals surface area contributed by atoms with Gasteiger partial charge in [-0.15, -0.1) is 16.4 Å². The third-order valence-corrected chi connectivity index (χ3v) is 6.67. The number of rotatable bonds is 9. The van der Waals surface area contributed by atoms with Gasteiger partial charge in [0.05, 0.1) is 31.9 Å². The molecular weight excluding hydrogens is 464 g/mol. The van der Waals surface area contributed by atoms with Gasteiger partial charge in [0.1, 0.15) is 5.75 Å². The number of urea groups is 1. The molecule has 1 unspecified atom stereocenters. The maximum Gasteiger partial charge on any atom is 0.338 e. The summed E-state index contributed by atoms with van der Waals surface area (Å²) in [5, 5.41) is 20.1. The predicted molar refractivity (Wildman–Crippen MR) is 123 cm³/mol. The molecule has 2 aromatic heterocycles. The summed E-state index contributed by atoms with van der Waals surface area (Å²) < 4.78 is 12.2. The Bertz CT molecular complexity index is 1140. The van der Waals surface area contributed by atoms with E-state index in [1.807, 2.05) is 17.5 Å². The lowest BCUT2D eigenvalue weighted by atomic mass is 9.95. The van der Waals surface area contributed by atoms with E-state index in [0.717, 1.165) is 10.4 Å². The molecule has 3 aromatic rings. The van der Waals surface area contributed by atoms with Gasteiger partial charge in [-0.1, -0.05) is 30.0 Å². The van der Waals surface area contributed by atoms with Gasteiger partial charge in [0, 0.05) is 16.3 Å². The highest BCUT2D eigenvalue weighted by molar-refractivity contribution is 7.99. The van der Waals surface area contributed by atoms with Crippen LogP contribution in [0.5, 0.6) is 5.75 Å². The molecule has 0 saturated heterocycles. The standard InChI is InChI=1S/C21H22N6O4S2/c1-3-31-19(28)17-16(12-33-21-24-25-26-27(21)11-15-5-4-10-32-15)22-20(29)23-18(17)13-6-8-14(30-2)9-7-13/h4-10,18H,3,11-12H2,1-2H3,(H2,22,23,29). The second kappa shape index (κ2) is 10.5. The number of amides is 2. The quantitative estimate of drug-likeness (QED) is 0.350. The number of hydrogen-bond acceptors (Lipinski definition) is 9. The van der Waals surface area contributed by atoms with Crippen LogP contribution in [0.1, 0.15) is 23.4 Å². The molecule has 2 amide bonds. The van der Waals surface area contributed by atoms with Gasteiger partial charge in [0.15, 0.2) is 0 Å². The van der Waals surface area contributed by atoms with Gasteiger partial charge in [0.25, 0.3) is 0 Å². The smallest absolute Gasteiger partial charge is 0.338 e. The zero-order chi connectivity index (χ0) is 23.2. The molecule has 2 N–H and O–H groups in total. The Hall–Kier alpha value is -3.38. The van der Waals surface area contributed by atoms with Crippen molar-refractivity contribution in [1.29, 1.82) is 0 Å². The summed E-state index contributed by atoms with van der Waals surface area (Å²) >= 11 is 2.95. The Morgan fingerprint density at radius 1 is 1.27 bits per heavy atom. The minimum Gasteiger partial charge on any atom is -0.497 e. The summed E-state index contributed by atoms with van der Waals surface area (Å²) in [5.74, 6) is 0.451. The van der Waals surface area contributed by atoms with Gasteiger partial charge >= 0.3 is 12.0 Å². The van der Waals surface area contributed by atoms with E-state index in [0.29, 0.717) is 28.7 Å². The fourth-order valence-electron chi connectivity index (χ4n) is 3.31. The lowest BCUT2D eigenvalue weighted by molar-refractivity contribution is -0.139. The highest BCUT2D eigenvalue weighted by Crippen LogP contribution is 2.31. The van der Waals surface area contributed by atoms with E-state index < -0.39 is 18.0 Å². The van der Waals surface area contributed by atoms with E-state index in [1.54, 1.807) is 54.3 Å². The van der Waals surface area contributed by atoms with E-state index >= 15 is 0 Å². The summed E-state index contributed by atoms with van der Waals surface area (Å²) in [6.07, 6.45) is 0. The number of nitrogens with one attached hydrogen (secondary N) is 2. The minimum absolute atomic E-state index is 0.213. The zero-order valence-corrected chi connectivity index (χ0v) is 19.6. The number of carbonyl (C=O) groups excluding carboxylic acids is 2. The van der Waals surface area contributed by atoms with Gasteiger partial charge in [-0.2, -0.15) is 0 Å². The number of thiophene rings is 1. The number of tetrazole rings is 1. The Balaban J connectivity index is 1.62. The fraction of sp³-hybridized carbons (Fsp3) is 0.286. The van der Waals surface area contributed by atoms with E-state index in [1.165, 1.54) is 11.8 Å². The van der Waals surface area contributed by atoms with Crippen molar-refractivity contribution in [2.45, 2.75) is 24.7 Å². The number of thioether (sulfide) groups is 1. The Kier molecular flexibility index (Phi) is 7.25. The monoisotopic (exact) mass is 486 g/mol. The van der Waals surface area contributed by atoms with Gasteiger partial charge < -0.3 is 20.1 Å². The molecule has 4 rings (SSSR count). The Morgan fingerprint density at radius 2 is 2.09 bits per heavy atom. The summed E-state index contributed by atoms with van der Waals surface area (Å²) in [4.78, 5) is 26.5. The number of methoxy groups -OCH3 is 1. The van der Waals surface area contributed by atoms with Crippen LogP contribution in [0, 0.1) is 0 Å². The van der Waals surface area contributed by atoms with Gasteiger partial charge in [-0.3, -0.25) is 0 Å². The van der Waals surface area contributed by atoms with Crippen molar-refractivity contribution in [1.82, 2.24) is 30.8 Å². The highest BCUT2D eigenvalue weighted by atomic mass is 32.2. The van der Waals surface area contributed by atoms with Gasteiger partial charge in [-0.05, 0) is 46.5 Å². The van der Waals surface area contributed by atoms with E-state index in [9.17, 15) is 9.59 Å². The van der Waals surface area contributed by atoms with Crippen LogP contribution >= 0.6 is 23.1 Å². The van der Waals surface area contributed by atoms with Crippen LogP contribution in [0.4, 0.5) is 4.79 Å². The first kappa shape index (κ1) is 22.8. The number of esters is 1. The van der Waals surface area contributed by atoms with Gasteiger partial charge in [-0.25, -0.2) is 14.3 Å². The number of carbonyl (C=O) groups is 2. The Labute approximate surface area is 198 Å². The summed E-state index contributed by atoms with van der Waals surface area (Å²) in [7, 11) is 1.58. The average molecular weight is 487 g/mol. The molecule has 3 heterocycles. The molecule has 1 aliphatic rings. The number of benzene rings is 1. The van der Waals surface area contributed by atoms with E-state index in [2.05, 4.69) is 26.2 Å². The largest absolute Gasteiger partial charge is 0.497 e. The molecule has 0 aliphatic carbocycles. The molecule has 0 radical (unpaired) electrons. The van der Waals surface area contributed by atoms with Crippen LogP contribution in [0.25, 0.3) is 0 Å². The van der Waals surface area contributed by atoms with Crippen molar-refractivity contribution in [2.24, 2.45) is 0 Å². The number of nitrogens with zero attached hydrogens (tertiary/aromatic N) is 4. The maximum atomic E-state index is 12.9. The number of ether oxygens (including phenoxy) is 2. The average Bonchev–Trinajstić information content (AvgIpc) is 3.50. The van der Waals surface area contributed by atoms with Crippen molar-refractivity contribution in [3.8, 4) is 5.75 Å². The topological polar surface area (TPSA) is 120 Å². The van der Waals surface area contributed by atoms with Crippen LogP contribution in [-0.4, -0.2) is 51.7 Å². The van der Waals surface area contributed by atoms with Crippen molar-refractivity contribution in [3.05, 3.63) is 63.5 Å². The molecule has 1 aromatic carbocycles. The molecule has 0 fully saturated rings. The van der Waals surface area contributed by atoms with Crippen molar-refractivity contribution in [2.75, 3.05) is 19.5 Å². The SMILES string of the molecule is CCOC(=O)C1=C(CSc2nnnn2Cc2cccs2)NC(=O)NC1c1ccc(OC)cc1. The van der Waals surface area contributed by atoms with E-state index in [4.69, 9.17) is 9.47 Å². The van der Waals surface area contributed by atoms with Crippen LogP contribution in [0.15, 0.2) is 58.2 Å². The highest BCUT2D eigenvalue weighted by Gasteiger charge is 2.34. The molecule has 0 saturated carbocycles. The second-order valence-corrected chi connectivity index (χ2v) is 8.88. The van der Waals surface area contributed by atoms with Crippen molar-refractivity contribution in [3.63, 3.8) is 0 Å². The molecule has 1 aliphatic heterocycles. The number of hydrogen-bond donors (Lipinski definition) is 2. The second-order valence-electron chi connectivity index (χ2n) is 6.90. The fourth-order valence-corrected chi connectivity index (χ4v) is 4.85. The Morgan fingerprint density at radius 3 is 2.79 bits per heavy atom. The van der Waals surface area contributed by atoms with Crippen LogP contribution in [0.3, 0.4) is 0 Å². The lowest BCUT2D eigenvalue weighted by Gasteiger charge is -2.29. The van der Waals surface area contributed by atoms with Crippen molar-refractivity contribution < 1.29 is 19.1 Å². The minimum atomic E-state index is -0.665.